The maximum absolute atomic E-state index is 11.4. The lowest BCUT2D eigenvalue weighted by molar-refractivity contribution is 0.0282. The molecule has 1 fully saturated rings. The molecule has 2 N–H and O–H groups in total. The first-order chi connectivity index (χ1) is 14.1. The molecule has 0 bridgehead atoms. The van der Waals surface area contributed by atoms with Crippen LogP contribution in [0.1, 0.15) is 72.8 Å². The Labute approximate surface area is 184 Å². The quantitative estimate of drug-likeness (QED) is 0.597. The molecule has 1 atom stereocenters. The molecular formula is C25H44N2O3. The van der Waals surface area contributed by atoms with Crippen LogP contribution in [0.3, 0.4) is 0 Å². The molecular weight excluding hydrogens is 376 g/mol. The molecule has 1 aliphatic heterocycles. The van der Waals surface area contributed by atoms with Gasteiger partial charge < -0.3 is 20.1 Å². The number of carbonyl (C=O) groups is 1. The number of rotatable bonds is 6. The van der Waals surface area contributed by atoms with Gasteiger partial charge in [-0.05, 0) is 66.1 Å². The first-order valence-electron chi connectivity index (χ1n) is 11.1. The minimum Gasteiger partial charge on any atom is -0.444 e. The van der Waals surface area contributed by atoms with Crippen molar-refractivity contribution in [1.29, 1.82) is 0 Å². The fourth-order valence-electron chi connectivity index (χ4n) is 3.14. The molecule has 1 amide bonds. The summed E-state index contributed by atoms with van der Waals surface area (Å²) in [5.74, 6) is 0. The molecule has 1 aromatic rings. The van der Waals surface area contributed by atoms with Crippen LogP contribution in [0.2, 0.25) is 0 Å². The van der Waals surface area contributed by atoms with E-state index in [1.54, 1.807) is 4.90 Å². The number of hydrogen-bond donors (Lipinski definition) is 2. The number of nitrogens with one attached hydrogen (secondary N) is 1. The lowest BCUT2D eigenvalue weighted by Gasteiger charge is -2.29. The molecule has 1 aromatic carbocycles. The van der Waals surface area contributed by atoms with Crippen LogP contribution in [-0.4, -0.2) is 48.4 Å². The van der Waals surface area contributed by atoms with Gasteiger partial charge in [-0.1, -0.05) is 49.8 Å². The van der Waals surface area contributed by atoms with Crippen molar-refractivity contribution in [2.24, 2.45) is 0 Å². The highest BCUT2D eigenvalue weighted by molar-refractivity contribution is 5.68. The highest BCUT2D eigenvalue weighted by atomic mass is 16.6. The minimum absolute atomic E-state index is 0.167. The number of nitrogens with zero attached hydrogens (tertiary/aromatic N) is 1. The van der Waals surface area contributed by atoms with Crippen molar-refractivity contribution in [3.63, 3.8) is 0 Å². The predicted molar refractivity (Wildman–Crippen MR) is 127 cm³/mol. The van der Waals surface area contributed by atoms with E-state index in [9.17, 15) is 9.90 Å². The van der Waals surface area contributed by atoms with Gasteiger partial charge in [0.25, 0.3) is 0 Å². The van der Waals surface area contributed by atoms with Gasteiger partial charge >= 0.3 is 6.09 Å². The zero-order valence-corrected chi connectivity index (χ0v) is 20.3. The van der Waals surface area contributed by atoms with Crippen LogP contribution in [0.25, 0.3) is 0 Å². The van der Waals surface area contributed by atoms with Crippen molar-refractivity contribution in [2.45, 2.75) is 78.4 Å². The SMILES string of the molecule is C=C(C)CC(O)(CCNC)c1ccccc1.CC.CC(C)(C)OC(=O)N1CCCC1. The summed E-state index contributed by atoms with van der Waals surface area (Å²) >= 11 is 0. The Bertz CT molecular complexity index is 605. The summed E-state index contributed by atoms with van der Waals surface area (Å²) < 4.78 is 5.21. The summed E-state index contributed by atoms with van der Waals surface area (Å²) in [6, 6.07) is 9.82. The summed E-state index contributed by atoms with van der Waals surface area (Å²) in [7, 11) is 1.90. The third-order valence-electron chi connectivity index (χ3n) is 4.45. The van der Waals surface area contributed by atoms with Crippen LogP contribution in [0.15, 0.2) is 42.5 Å². The van der Waals surface area contributed by atoms with Crippen molar-refractivity contribution < 1.29 is 14.6 Å². The Hall–Kier alpha value is -1.85. The lowest BCUT2D eigenvalue weighted by atomic mass is 9.85. The van der Waals surface area contributed by atoms with Gasteiger partial charge in [0.15, 0.2) is 0 Å². The Morgan fingerprint density at radius 3 is 2.13 bits per heavy atom. The minimum atomic E-state index is -0.796. The van der Waals surface area contributed by atoms with E-state index < -0.39 is 5.60 Å². The molecule has 0 spiro atoms. The third kappa shape index (κ3) is 11.4. The first-order valence-corrected chi connectivity index (χ1v) is 11.1. The van der Waals surface area contributed by atoms with Crippen LogP contribution in [0.4, 0.5) is 4.79 Å². The summed E-state index contributed by atoms with van der Waals surface area (Å²) in [5, 5.41) is 13.8. The van der Waals surface area contributed by atoms with Crippen molar-refractivity contribution in [2.75, 3.05) is 26.7 Å². The van der Waals surface area contributed by atoms with E-state index in [4.69, 9.17) is 4.74 Å². The van der Waals surface area contributed by atoms with Crippen LogP contribution < -0.4 is 5.32 Å². The maximum Gasteiger partial charge on any atom is 0.410 e. The number of amides is 1. The van der Waals surface area contributed by atoms with E-state index in [1.165, 1.54) is 0 Å². The van der Waals surface area contributed by atoms with E-state index in [-0.39, 0.29) is 11.7 Å². The zero-order valence-electron chi connectivity index (χ0n) is 20.3. The van der Waals surface area contributed by atoms with Crippen LogP contribution in [0.5, 0.6) is 0 Å². The Morgan fingerprint density at radius 1 is 1.17 bits per heavy atom. The second kappa shape index (κ2) is 14.2. The molecule has 1 aliphatic rings. The van der Waals surface area contributed by atoms with Crippen molar-refractivity contribution in [3.8, 4) is 0 Å². The van der Waals surface area contributed by atoms with Crippen LogP contribution >= 0.6 is 0 Å². The number of likely N-dealkylation sites (tertiary alicyclic amines) is 1. The van der Waals surface area contributed by atoms with Gasteiger partial charge in [0.1, 0.15) is 5.60 Å². The number of aliphatic hydroxyl groups is 1. The molecule has 1 unspecified atom stereocenters. The predicted octanol–water partition coefficient (Wildman–Crippen LogP) is 5.49. The molecule has 1 heterocycles. The molecule has 1 saturated heterocycles. The average molecular weight is 421 g/mol. The molecule has 0 aromatic heterocycles. The van der Waals surface area contributed by atoms with E-state index in [0.717, 1.165) is 43.6 Å². The lowest BCUT2D eigenvalue weighted by Crippen LogP contribution is -2.34. The smallest absolute Gasteiger partial charge is 0.410 e. The monoisotopic (exact) mass is 420 g/mol. The van der Waals surface area contributed by atoms with Gasteiger partial charge in [-0.25, -0.2) is 4.79 Å². The second-order valence-corrected chi connectivity index (χ2v) is 8.56. The molecule has 0 aliphatic carbocycles. The largest absolute Gasteiger partial charge is 0.444 e. The fraction of sp³-hybridized carbons (Fsp3) is 0.640. The highest BCUT2D eigenvalue weighted by Gasteiger charge is 2.28. The molecule has 172 valence electrons. The van der Waals surface area contributed by atoms with Gasteiger partial charge in [0.2, 0.25) is 0 Å². The van der Waals surface area contributed by atoms with Gasteiger partial charge in [-0.3, -0.25) is 0 Å². The van der Waals surface area contributed by atoms with Crippen LogP contribution in [0, 0.1) is 0 Å². The normalized spacial score (nSPS) is 15.1. The standard InChI is InChI=1S/C14H21NO.C9H17NO2.C2H6/c1-12(2)11-14(16,9-10-15-3)13-7-5-4-6-8-13;1-9(2,3)12-8(11)10-6-4-5-7-10;1-2/h4-8,15-16H,1,9-11H2,2-3H3;4-7H2,1-3H3;1-2H3. The molecule has 5 nitrogen and oxygen atoms in total. The summed E-state index contributed by atoms with van der Waals surface area (Å²) in [5.41, 5.74) is 0.811. The number of hydrogen-bond acceptors (Lipinski definition) is 4. The third-order valence-corrected chi connectivity index (χ3v) is 4.45. The summed E-state index contributed by atoms with van der Waals surface area (Å²) in [6.45, 7) is 18.0. The average Bonchev–Trinajstić information content (AvgIpc) is 3.22. The molecule has 5 heteroatoms. The highest BCUT2D eigenvalue weighted by Crippen LogP contribution is 2.31. The topological polar surface area (TPSA) is 61.8 Å². The van der Waals surface area contributed by atoms with Gasteiger partial charge in [-0.15, -0.1) is 6.58 Å². The Morgan fingerprint density at radius 2 is 1.70 bits per heavy atom. The van der Waals surface area contributed by atoms with E-state index in [2.05, 4.69) is 11.9 Å². The zero-order chi connectivity index (χ0) is 23.2. The van der Waals surface area contributed by atoms with Crippen molar-refractivity contribution >= 4 is 6.09 Å². The van der Waals surface area contributed by atoms with Gasteiger partial charge in [-0.2, -0.15) is 0 Å². The van der Waals surface area contributed by atoms with Gasteiger partial charge in [0, 0.05) is 19.5 Å². The van der Waals surface area contributed by atoms with Crippen LogP contribution in [-0.2, 0) is 10.3 Å². The summed E-state index contributed by atoms with van der Waals surface area (Å²) in [6.07, 6.45) is 3.36. The van der Waals surface area contributed by atoms with Crippen molar-refractivity contribution in [3.05, 3.63) is 48.0 Å². The van der Waals surface area contributed by atoms with Gasteiger partial charge in [0.05, 0.1) is 5.60 Å². The molecule has 0 saturated carbocycles. The molecule has 30 heavy (non-hydrogen) atoms. The maximum atomic E-state index is 11.4. The second-order valence-electron chi connectivity index (χ2n) is 8.56. The van der Waals surface area contributed by atoms with E-state index >= 15 is 0 Å². The molecule has 2 rings (SSSR count). The van der Waals surface area contributed by atoms with Crippen molar-refractivity contribution in [1.82, 2.24) is 10.2 Å². The number of benzene rings is 1. The van der Waals surface area contributed by atoms with E-state index in [1.807, 2.05) is 78.9 Å². The van der Waals surface area contributed by atoms with E-state index in [0.29, 0.717) is 12.8 Å². The Balaban J connectivity index is 0.000000535. The fourth-order valence-corrected chi connectivity index (χ4v) is 3.14. The molecule has 0 radical (unpaired) electrons. The number of carbonyl (C=O) groups excluding carboxylic acids is 1. The first kappa shape index (κ1) is 28.1. The number of ether oxygens (including phenoxy) is 1. The summed E-state index contributed by atoms with van der Waals surface area (Å²) in [4.78, 5) is 13.1. The Kier molecular flexibility index (Phi) is 13.3.